The summed E-state index contributed by atoms with van der Waals surface area (Å²) >= 11 is 6.24. The van der Waals surface area contributed by atoms with Gasteiger partial charge in [0.05, 0.1) is 26.9 Å². The number of carbonyl (C=O) groups excluding carboxylic acids is 2. The number of aromatic nitrogens is 1. The number of phosphoric ester groups is 1. The molecule has 0 N–H and O–H groups in total. The molecule has 310 valence electrons. The summed E-state index contributed by atoms with van der Waals surface area (Å²) < 4.78 is 85.1. The maximum atomic E-state index is 14.4. The largest absolute Gasteiger partial charge is 0.530 e. The van der Waals surface area contributed by atoms with Crippen LogP contribution in [0.2, 0.25) is 5.02 Å². The Hall–Kier alpha value is -3.64. The number of nitrogens with zero attached hydrogens (tertiary/aromatic N) is 2. The number of ether oxygens (including phenoxy) is 2. The fourth-order valence-corrected chi connectivity index (χ4v) is 10.8. The van der Waals surface area contributed by atoms with Gasteiger partial charge >= 0.3 is 25.9 Å². The van der Waals surface area contributed by atoms with E-state index in [1.54, 1.807) is 26.1 Å². The molecule has 0 bridgehead atoms. The van der Waals surface area contributed by atoms with Crippen LogP contribution in [0.15, 0.2) is 54.7 Å². The highest BCUT2D eigenvalue weighted by atomic mass is 35.5. The molecule has 1 aromatic heterocycles. The highest BCUT2D eigenvalue weighted by molar-refractivity contribution is 7.48. The molecule has 0 radical (unpaired) electrons. The number of esters is 1. The molecule has 1 amide bonds. The highest BCUT2D eigenvalue weighted by Crippen LogP contribution is 2.59. The Morgan fingerprint density at radius 3 is 2.42 bits per heavy atom. The fraction of sp³-hybridized carbons (Fsp3) is 0.548. The van der Waals surface area contributed by atoms with Crippen molar-refractivity contribution >= 4 is 37.0 Å². The molecule has 10 nitrogen and oxygen atoms in total. The molecule has 0 aliphatic heterocycles. The van der Waals surface area contributed by atoms with Crippen molar-refractivity contribution in [3.63, 3.8) is 0 Å². The molecule has 3 aliphatic rings. The number of methoxy groups -OCH3 is 1. The number of phosphoric acid groups is 1. The lowest BCUT2D eigenvalue weighted by molar-refractivity contribution is -0.174. The average molecular weight is 835 g/mol. The van der Waals surface area contributed by atoms with Crippen LogP contribution in [0.3, 0.4) is 0 Å². The molecule has 57 heavy (non-hydrogen) atoms. The molecule has 15 heteroatoms. The van der Waals surface area contributed by atoms with Gasteiger partial charge in [-0.05, 0) is 142 Å². The van der Waals surface area contributed by atoms with Gasteiger partial charge in [0.1, 0.15) is 17.0 Å². The van der Waals surface area contributed by atoms with Gasteiger partial charge in [0, 0.05) is 28.2 Å². The van der Waals surface area contributed by atoms with Crippen LogP contribution in [0.4, 0.5) is 18.9 Å². The molecule has 6 rings (SSSR count). The van der Waals surface area contributed by atoms with E-state index in [1.807, 2.05) is 18.2 Å². The Morgan fingerprint density at radius 1 is 1.05 bits per heavy atom. The number of halogens is 4. The van der Waals surface area contributed by atoms with E-state index in [-0.39, 0.29) is 67.2 Å². The molecule has 1 saturated carbocycles. The van der Waals surface area contributed by atoms with Crippen molar-refractivity contribution < 1.29 is 50.4 Å². The zero-order valence-electron chi connectivity index (χ0n) is 33.0. The maximum Gasteiger partial charge on any atom is 0.530 e. The Bertz CT molecular complexity index is 1980. The summed E-state index contributed by atoms with van der Waals surface area (Å²) in [4.78, 5) is 32.4. The second-order valence-electron chi connectivity index (χ2n) is 15.5. The highest BCUT2D eigenvalue weighted by Gasteiger charge is 2.60. The van der Waals surface area contributed by atoms with E-state index in [2.05, 4.69) is 18.8 Å². The van der Waals surface area contributed by atoms with Gasteiger partial charge in [0.25, 0.3) is 0 Å². The summed E-state index contributed by atoms with van der Waals surface area (Å²) in [6.07, 6.45) is 1.06. The summed E-state index contributed by atoms with van der Waals surface area (Å²) in [6, 6.07) is 12.8. The third-order valence-corrected chi connectivity index (χ3v) is 13.7. The number of alkyl halides is 3. The lowest BCUT2D eigenvalue weighted by atomic mass is 9.59. The number of hydrogen-bond acceptors (Lipinski definition) is 9. The number of aryl methyl sites for hydroxylation is 1. The minimum atomic E-state index is -5.30. The Balaban J connectivity index is 1.36. The van der Waals surface area contributed by atoms with Crippen LogP contribution >= 0.6 is 19.4 Å². The van der Waals surface area contributed by atoms with E-state index < -0.39 is 36.8 Å². The van der Waals surface area contributed by atoms with Crippen LogP contribution in [0.25, 0.3) is 0 Å². The van der Waals surface area contributed by atoms with Crippen molar-refractivity contribution in [3.8, 4) is 11.5 Å². The average Bonchev–Trinajstić information content (AvgIpc) is 3.45. The van der Waals surface area contributed by atoms with Gasteiger partial charge in [-0.25, -0.2) is 9.36 Å². The number of benzene rings is 2. The standard InChI is InChI=1S/C42H51ClF3N2O8P/c1-6-54-57(51,55-7-2)56-33-15-14-29-23-30(22-27(3)26-53-36-16-21-47-35-13-8-10-28(4)37(35)36)40(34(29)25-33)17-19-41(20-18-40,39(50)52-5)48(38(49)42(44,45)46)32-12-9-11-31(43)24-32/h9,11-12,14-16,21,24-25,27-28,30H,6-8,10,13,17-20,22-23,26H2,1-5H3/t27-,28-,30+,40?,41?/m1/s1. The monoisotopic (exact) mass is 834 g/mol. The Labute approximate surface area is 337 Å². The van der Waals surface area contributed by atoms with Crippen LogP contribution in [0.1, 0.15) is 101 Å². The van der Waals surface area contributed by atoms with Gasteiger partial charge < -0.3 is 14.0 Å². The van der Waals surface area contributed by atoms with Gasteiger partial charge in [-0.1, -0.05) is 37.6 Å². The normalized spacial score (nSPS) is 23.7. The minimum absolute atomic E-state index is 0.0363. The first kappa shape index (κ1) is 43.0. The van der Waals surface area contributed by atoms with Crippen molar-refractivity contribution in [2.45, 2.75) is 109 Å². The summed E-state index contributed by atoms with van der Waals surface area (Å²) in [5.74, 6) is -1.69. The number of amides is 1. The van der Waals surface area contributed by atoms with Crippen LogP contribution in [-0.2, 0) is 46.2 Å². The van der Waals surface area contributed by atoms with E-state index in [1.165, 1.54) is 24.3 Å². The van der Waals surface area contributed by atoms with Crippen LogP contribution < -0.4 is 14.2 Å². The van der Waals surface area contributed by atoms with Crippen LogP contribution in [0.5, 0.6) is 11.5 Å². The van der Waals surface area contributed by atoms with Crippen molar-refractivity contribution in [3.05, 3.63) is 82.1 Å². The first-order valence-corrected chi connectivity index (χ1v) is 21.5. The van der Waals surface area contributed by atoms with Crippen molar-refractivity contribution in [2.24, 2.45) is 11.8 Å². The van der Waals surface area contributed by atoms with E-state index in [4.69, 9.17) is 34.6 Å². The lowest BCUT2D eigenvalue weighted by Crippen LogP contribution is -2.63. The van der Waals surface area contributed by atoms with E-state index in [0.29, 0.717) is 30.3 Å². The number of rotatable bonds is 14. The molecule has 0 saturated heterocycles. The third-order valence-electron chi connectivity index (χ3n) is 11.9. The Kier molecular flexibility index (Phi) is 13.0. The quantitative estimate of drug-likeness (QED) is 0.116. The molecular formula is C42H51ClF3N2O8P. The number of hydrogen-bond donors (Lipinski definition) is 0. The molecule has 3 aromatic rings. The number of carbonyl (C=O) groups is 2. The molecule has 1 spiro atoms. The molecule has 0 unspecified atom stereocenters. The second kappa shape index (κ2) is 17.3. The molecular weight excluding hydrogens is 784 g/mol. The minimum Gasteiger partial charge on any atom is -0.493 e. The van der Waals surface area contributed by atoms with Crippen LogP contribution in [0, 0.1) is 11.8 Å². The van der Waals surface area contributed by atoms with E-state index >= 15 is 0 Å². The van der Waals surface area contributed by atoms with Crippen LogP contribution in [-0.4, -0.2) is 55.5 Å². The summed E-state index contributed by atoms with van der Waals surface area (Å²) in [7, 11) is -2.86. The topological polar surface area (TPSA) is 113 Å². The zero-order chi connectivity index (χ0) is 41.2. The maximum absolute atomic E-state index is 14.4. The number of fused-ring (bicyclic) bond motifs is 3. The molecule has 2 aromatic carbocycles. The van der Waals surface area contributed by atoms with Crippen molar-refractivity contribution in [1.82, 2.24) is 4.98 Å². The summed E-state index contributed by atoms with van der Waals surface area (Å²) in [5, 5.41) is 0.103. The third kappa shape index (κ3) is 8.73. The molecule has 3 atom stereocenters. The molecule has 1 heterocycles. The first-order valence-electron chi connectivity index (χ1n) is 19.7. The smallest absolute Gasteiger partial charge is 0.493 e. The SMILES string of the molecule is CCOP(=O)(OCC)Oc1ccc2c(c1)C1(CCC(C(=O)OC)(N(C(=O)C(F)(F)F)c3cccc(Cl)c3)CC1)[C@@H](C[C@@H](C)COc1ccnc3c1[C@H](C)CCC3)C2. The summed E-state index contributed by atoms with van der Waals surface area (Å²) in [6.45, 7) is 8.28. The first-order chi connectivity index (χ1) is 27.1. The second-order valence-corrected chi connectivity index (χ2v) is 17.5. The van der Waals surface area contributed by atoms with Gasteiger partial charge in [0.2, 0.25) is 0 Å². The zero-order valence-corrected chi connectivity index (χ0v) is 34.7. The van der Waals surface area contributed by atoms with Gasteiger partial charge in [0.15, 0.2) is 0 Å². The molecule has 1 fully saturated rings. The predicted octanol–water partition coefficient (Wildman–Crippen LogP) is 10.3. The predicted molar refractivity (Wildman–Crippen MR) is 210 cm³/mol. The van der Waals surface area contributed by atoms with Gasteiger partial charge in [-0.3, -0.25) is 23.7 Å². The lowest BCUT2D eigenvalue weighted by Gasteiger charge is -2.51. The number of pyridine rings is 1. The number of anilines is 1. The Morgan fingerprint density at radius 2 is 1.77 bits per heavy atom. The summed E-state index contributed by atoms with van der Waals surface area (Å²) in [5.41, 5.74) is 1.29. The van der Waals surface area contributed by atoms with Gasteiger partial charge in [-0.15, -0.1) is 0 Å². The van der Waals surface area contributed by atoms with E-state index in [9.17, 15) is 27.3 Å². The van der Waals surface area contributed by atoms with E-state index in [0.717, 1.165) is 54.5 Å². The van der Waals surface area contributed by atoms with Gasteiger partial charge in [-0.2, -0.15) is 13.2 Å². The fourth-order valence-electron chi connectivity index (χ4n) is 9.43. The van der Waals surface area contributed by atoms with Crippen molar-refractivity contribution in [1.29, 1.82) is 0 Å². The molecule has 3 aliphatic carbocycles. The van der Waals surface area contributed by atoms with Crippen molar-refractivity contribution in [2.75, 3.05) is 31.8 Å².